The van der Waals surface area contributed by atoms with Crippen LogP contribution in [0.15, 0.2) is 11.3 Å². The fourth-order valence-corrected chi connectivity index (χ4v) is 3.44. The molecule has 0 saturated carbocycles. The Bertz CT molecular complexity index is 425. The first-order chi connectivity index (χ1) is 8.62. The Labute approximate surface area is 136 Å². The average molecular weight is 484 g/mol. The van der Waals surface area contributed by atoms with Gasteiger partial charge < -0.3 is 15.7 Å². The molecule has 2 rings (SSSR count). The quantitative estimate of drug-likeness (QED) is 0.201. The second-order valence-corrected chi connectivity index (χ2v) is 7.97. The van der Waals surface area contributed by atoms with Gasteiger partial charge in [-0.3, -0.25) is 5.32 Å². The van der Waals surface area contributed by atoms with E-state index in [4.69, 9.17) is 5.73 Å². The van der Waals surface area contributed by atoms with E-state index in [1.165, 1.54) is 24.8 Å². The molecular weight excluding hydrogens is 462 g/mol. The van der Waals surface area contributed by atoms with E-state index >= 15 is 0 Å². The maximum atomic E-state index is 5.46. The summed E-state index contributed by atoms with van der Waals surface area (Å²) in [6, 6.07) is 0. The van der Waals surface area contributed by atoms with Crippen LogP contribution in [0, 0.1) is 0 Å². The molecule has 0 aliphatic carbocycles. The van der Waals surface area contributed by atoms with Crippen molar-refractivity contribution in [1.29, 1.82) is 0 Å². The summed E-state index contributed by atoms with van der Waals surface area (Å²) in [4.78, 5) is 12.4. The zero-order chi connectivity index (χ0) is 13.5. The topological polar surface area (TPSA) is 82.0 Å². The molecule has 1 aliphatic heterocycles. The number of imidazole rings is 1. The molecule has 19 heavy (non-hydrogen) atoms. The smallest absolute Gasteiger partial charge is 0.329 e. The normalized spacial score (nSPS) is 13.1. The number of quaternary nitrogens is 1. The Morgan fingerprint density at radius 2 is 1.89 bits per heavy atom. The number of guanidine groups is 1. The van der Waals surface area contributed by atoms with Crippen molar-refractivity contribution in [1.82, 2.24) is 9.97 Å². The Hall–Kier alpha value is -0.0997. The summed E-state index contributed by atoms with van der Waals surface area (Å²) in [6.45, 7) is 6.92. The van der Waals surface area contributed by atoms with Gasteiger partial charge in [0, 0.05) is 22.4 Å². The van der Waals surface area contributed by atoms with Crippen LogP contribution < -0.4 is 16.0 Å². The van der Waals surface area contributed by atoms with E-state index in [1.807, 2.05) is 0 Å². The van der Waals surface area contributed by atoms with Gasteiger partial charge in [0.15, 0.2) is 12.2 Å². The maximum absolute atomic E-state index is 5.46. The minimum atomic E-state index is 0. The van der Waals surface area contributed by atoms with Crippen LogP contribution in [0.1, 0.15) is 26.5 Å². The monoisotopic (exact) mass is 484 g/mol. The van der Waals surface area contributed by atoms with Crippen LogP contribution >= 0.6 is 7.92 Å². The second kappa shape index (κ2) is 9.75. The first-order valence-electron chi connectivity index (χ1n) is 6.18. The number of rotatable bonds is 3. The second-order valence-electron chi connectivity index (χ2n) is 3.92. The van der Waals surface area contributed by atoms with Crippen molar-refractivity contribution in [3.63, 3.8) is 0 Å². The van der Waals surface area contributed by atoms with Crippen molar-refractivity contribution in [2.24, 2.45) is 10.7 Å². The van der Waals surface area contributed by atoms with Gasteiger partial charge in [-0.25, -0.2) is 0 Å². The molecule has 1 aliphatic rings. The number of nitrogens with zero attached hydrogens (tertiary/aromatic N) is 3. The fourth-order valence-electron chi connectivity index (χ4n) is 1.65. The van der Waals surface area contributed by atoms with Gasteiger partial charge in [-0.05, 0) is 28.7 Å². The molecule has 0 unspecified atom stereocenters. The van der Waals surface area contributed by atoms with Gasteiger partial charge >= 0.3 is 10.9 Å². The first kappa shape index (κ1) is 18.9. The molecule has 0 bridgehead atoms. The molecule has 2 heterocycles. The van der Waals surface area contributed by atoms with Crippen LogP contribution in [0.5, 0.6) is 0 Å². The average Bonchev–Trinajstić information content (AvgIpc) is 2.80. The minimum absolute atomic E-state index is 0. The molecule has 5 nitrogen and oxygen atoms in total. The third kappa shape index (κ3) is 5.81. The van der Waals surface area contributed by atoms with Crippen LogP contribution in [0.3, 0.4) is 0 Å². The largest absolute Gasteiger partial charge is 0.432 e. The molecule has 111 valence electrons. The van der Waals surface area contributed by atoms with Gasteiger partial charge in [-0.15, -0.1) is 4.99 Å². The van der Waals surface area contributed by atoms with E-state index in [-0.39, 0.29) is 30.3 Å². The van der Waals surface area contributed by atoms with Crippen molar-refractivity contribution in [3.05, 3.63) is 12.0 Å². The Morgan fingerprint density at radius 1 is 1.32 bits per heavy atom. The molecule has 1 radical (unpaired) electrons. The molecular formula is C11H22AuN5PS+2. The number of thiol groups is 1. The summed E-state index contributed by atoms with van der Waals surface area (Å²) in [6.07, 6.45) is 5.83. The minimum Gasteiger partial charge on any atom is -0.432 e. The molecule has 1 aromatic rings. The summed E-state index contributed by atoms with van der Waals surface area (Å²) in [5.41, 5.74) is 6.15. The third-order valence-electron chi connectivity index (χ3n) is 2.86. The Balaban J connectivity index is 0.000000360. The maximum Gasteiger partial charge on any atom is 0.329 e. The van der Waals surface area contributed by atoms with Crippen LogP contribution in [0.25, 0.3) is 0 Å². The van der Waals surface area contributed by atoms with E-state index < -0.39 is 0 Å². The van der Waals surface area contributed by atoms with Crippen molar-refractivity contribution in [3.8, 4) is 0 Å². The van der Waals surface area contributed by atoms with Gasteiger partial charge in [0.25, 0.3) is 0 Å². The molecule has 0 aromatic carbocycles. The van der Waals surface area contributed by atoms with E-state index in [1.54, 1.807) is 5.32 Å². The van der Waals surface area contributed by atoms with Gasteiger partial charge in [-0.2, -0.15) is 0 Å². The van der Waals surface area contributed by atoms with E-state index in [0.29, 0.717) is 16.6 Å². The van der Waals surface area contributed by atoms with E-state index in [2.05, 4.69) is 47.9 Å². The summed E-state index contributed by atoms with van der Waals surface area (Å²) < 4.78 is 0. The van der Waals surface area contributed by atoms with Gasteiger partial charge in [0.1, 0.15) is 11.5 Å². The Morgan fingerprint density at radius 3 is 2.37 bits per heavy atom. The van der Waals surface area contributed by atoms with E-state index in [9.17, 15) is 0 Å². The first-order valence-corrected chi connectivity index (χ1v) is 8.75. The molecule has 0 fully saturated rings. The number of aliphatic imine (C=N–C) groups is 1. The zero-order valence-electron chi connectivity index (χ0n) is 11.4. The Kier molecular flexibility index (Phi) is 9.70. The standard InChI is InChI=1S/C6H15P.C5H5N5S.Au/c1-4-7(5-2)6-3;6-5-9-3-2(4(11)10-5)7-1-8-3;/h4-6H2,1-3H3;1H,(H4,6,7,8,9,10,11);/p+2. The van der Waals surface area contributed by atoms with Gasteiger partial charge in [0.2, 0.25) is 0 Å². The van der Waals surface area contributed by atoms with Gasteiger partial charge in [0.05, 0.1) is 18.5 Å². The molecule has 0 atom stereocenters. The molecule has 8 heteroatoms. The van der Waals surface area contributed by atoms with Crippen molar-refractivity contribution >= 4 is 36.9 Å². The fraction of sp³-hybridized carbons (Fsp3) is 0.545. The number of hydrogen-bond donors (Lipinski definition) is 2. The number of hydrogen-bond acceptors (Lipinski definition) is 2. The van der Waals surface area contributed by atoms with Crippen LogP contribution in [0.4, 0.5) is 5.82 Å². The van der Waals surface area contributed by atoms with Crippen molar-refractivity contribution in [2.45, 2.75) is 20.8 Å². The molecule has 0 amide bonds. The predicted molar refractivity (Wildman–Crippen MR) is 83.6 cm³/mol. The summed E-state index contributed by atoms with van der Waals surface area (Å²) in [5.74, 6) is 1.16. The molecule has 0 spiro atoms. The summed E-state index contributed by atoms with van der Waals surface area (Å²) in [7, 11) is 0.137. The number of nitrogens with two attached hydrogens (primary N) is 2. The number of fused-ring (bicyclic) bond motifs is 1. The summed E-state index contributed by atoms with van der Waals surface area (Å²) in [5, 5.41) is 1.67. The molecule has 0 saturated heterocycles. The van der Waals surface area contributed by atoms with Crippen LogP contribution in [-0.4, -0.2) is 34.4 Å². The predicted octanol–water partition coefficient (Wildman–Crippen LogP) is -0.423. The van der Waals surface area contributed by atoms with Gasteiger partial charge in [-0.1, -0.05) is 6.33 Å². The third-order valence-corrected chi connectivity index (χ3v) is 6.17. The van der Waals surface area contributed by atoms with Crippen LogP contribution in [-0.2, 0) is 34.6 Å². The van der Waals surface area contributed by atoms with Crippen molar-refractivity contribution in [2.75, 3.05) is 18.5 Å². The van der Waals surface area contributed by atoms with Crippen LogP contribution in [0.2, 0.25) is 0 Å². The summed E-state index contributed by atoms with van der Waals surface area (Å²) >= 11 is 4.09. The zero-order valence-corrected chi connectivity index (χ0v) is 15.5. The van der Waals surface area contributed by atoms with E-state index in [0.717, 1.165) is 5.82 Å². The molecule has 1 aromatic heterocycles. The van der Waals surface area contributed by atoms with Crippen molar-refractivity contribution < 1.29 is 27.7 Å². The molecule has 4 N–H and O–H groups in total. The number of aromatic nitrogens is 2. The SMILES string of the molecule is CC[PH+](CC)CC.NC1=NC(=[SH+])c2nc[n-]c2[NH2+]1.[Au].